The van der Waals surface area contributed by atoms with Gasteiger partial charge in [-0.15, -0.1) is 0 Å². The second kappa shape index (κ2) is 6.04. The molecule has 3 aromatic rings. The maximum Gasteiger partial charge on any atom is 0.320 e. The lowest BCUT2D eigenvalue weighted by Gasteiger charge is -2.10. The molecule has 0 aliphatic rings. The summed E-state index contributed by atoms with van der Waals surface area (Å²) in [4.78, 5) is 24.6. The normalized spacial score (nSPS) is 10.7. The van der Waals surface area contributed by atoms with E-state index in [1.54, 1.807) is 6.20 Å². The van der Waals surface area contributed by atoms with Crippen molar-refractivity contribution in [3.63, 3.8) is 0 Å². The van der Waals surface area contributed by atoms with Crippen molar-refractivity contribution in [2.24, 2.45) is 0 Å². The SMILES string of the molecule is Cc1ccccc1Cn1ccn(-c2ccc(F)cc2)c(=O)c1=O. The Morgan fingerprint density at radius 3 is 2.30 bits per heavy atom. The zero-order valence-corrected chi connectivity index (χ0v) is 12.6. The summed E-state index contributed by atoms with van der Waals surface area (Å²) < 4.78 is 15.6. The average Bonchev–Trinajstić information content (AvgIpc) is 2.55. The summed E-state index contributed by atoms with van der Waals surface area (Å²) >= 11 is 0. The molecule has 23 heavy (non-hydrogen) atoms. The van der Waals surface area contributed by atoms with E-state index in [2.05, 4.69) is 0 Å². The van der Waals surface area contributed by atoms with Gasteiger partial charge in [-0.1, -0.05) is 24.3 Å². The van der Waals surface area contributed by atoms with Crippen LogP contribution in [0, 0.1) is 12.7 Å². The summed E-state index contributed by atoms with van der Waals surface area (Å²) in [6, 6.07) is 13.1. The van der Waals surface area contributed by atoms with Crippen LogP contribution >= 0.6 is 0 Å². The third-order valence-corrected chi connectivity index (χ3v) is 3.77. The molecule has 1 aromatic heterocycles. The molecular weight excluding hydrogens is 295 g/mol. The van der Waals surface area contributed by atoms with Crippen LogP contribution in [-0.2, 0) is 6.54 Å². The Hall–Kier alpha value is -2.95. The lowest BCUT2D eigenvalue weighted by atomic mass is 10.1. The fourth-order valence-corrected chi connectivity index (χ4v) is 2.41. The Morgan fingerprint density at radius 1 is 0.913 bits per heavy atom. The van der Waals surface area contributed by atoms with E-state index in [-0.39, 0.29) is 0 Å². The standard InChI is InChI=1S/C18H15FN2O2/c1-13-4-2-3-5-14(13)12-20-10-11-21(18(23)17(20)22)16-8-6-15(19)7-9-16/h2-11H,12H2,1H3. The third-order valence-electron chi connectivity index (χ3n) is 3.77. The zero-order chi connectivity index (χ0) is 16.4. The molecule has 3 rings (SSSR count). The second-order valence-corrected chi connectivity index (χ2v) is 5.31. The first-order valence-electron chi connectivity index (χ1n) is 7.19. The van der Waals surface area contributed by atoms with E-state index in [1.807, 2.05) is 31.2 Å². The van der Waals surface area contributed by atoms with E-state index in [1.165, 1.54) is 39.6 Å². The molecule has 1 heterocycles. The van der Waals surface area contributed by atoms with Crippen molar-refractivity contribution < 1.29 is 4.39 Å². The van der Waals surface area contributed by atoms with Crippen molar-refractivity contribution in [3.05, 3.63) is 98.6 Å². The molecule has 0 radical (unpaired) electrons. The lowest BCUT2D eigenvalue weighted by Crippen LogP contribution is -2.40. The highest BCUT2D eigenvalue weighted by Gasteiger charge is 2.08. The quantitative estimate of drug-likeness (QED) is 0.698. The molecule has 0 aliphatic carbocycles. The van der Waals surface area contributed by atoms with Gasteiger partial charge in [0.05, 0.1) is 6.54 Å². The molecule has 0 unspecified atom stereocenters. The first-order chi connectivity index (χ1) is 11.1. The predicted octanol–water partition coefficient (Wildman–Crippen LogP) is 2.50. The fourth-order valence-electron chi connectivity index (χ4n) is 2.41. The average molecular weight is 310 g/mol. The molecule has 0 fully saturated rings. The largest absolute Gasteiger partial charge is 0.320 e. The Morgan fingerprint density at radius 2 is 1.61 bits per heavy atom. The van der Waals surface area contributed by atoms with Gasteiger partial charge < -0.3 is 4.57 Å². The molecule has 0 bridgehead atoms. The van der Waals surface area contributed by atoms with Crippen LogP contribution in [0.25, 0.3) is 5.69 Å². The number of aryl methyl sites for hydroxylation is 1. The molecule has 116 valence electrons. The van der Waals surface area contributed by atoms with Gasteiger partial charge in [0.25, 0.3) is 0 Å². The van der Waals surface area contributed by atoms with Gasteiger partial charge in [-0.3, -0.25) is 14.2 Å². The third kappa shape index (κ3) is 2.99. The van der Waals surface area contributed by atoms with Gasteiger partial charge in [0, 0.05) is 18.1 Å². The van der Waals surface area contributed by atoms with E-state index in [0.717, 1.165) is 11.1 Å². The van der Waals surface area contributed by atoms with Crippen molar-refractivity contribution in [3.8, 4) is 5.69 Å². The number of benzene rings is 2. The van der Waals surface area contributed by atoms with Crippen LogP contribution in [0.15, 0.2) is 70.5 Å². The minimum absolute atomic E-state index is 0.338. The van der Waals surface area contributed by atoms with Gasteiger partial charge in [0.2, 0.25) is 0 Å². The number of rotatable bonds is 3. The summed E-state index contributed by atoms with van der Waals surface area (Å²) in [7, 11) is 0. The van der Waals surface area contributed by atoms with Crippen LogP contribution in [0.2, 0.25) is 0 Å². The van der Waals surface area contributed by atoms with Crippen LogP contribution in [-0.4, -0.2) is 9.13 Å². The van der Waals surface area contributed by atoms with Gasteiger partial charge in [0.1, 0.15) is 5.82 Å². The molecule has 0 atom stereocenters. The molecule has 0 aliphatic heterocycles. The highest BCUT2D eigenvalue weighted by molar-refractivity contribution is 5.32. The minimum Gasteiger partial charge on any atom is -0.305 e. The zero-order valence-electron chi connectivity index (χ0n) is 12.6. The number of hydrogen-bond donors (Lipinski definition) is 0. The summed E-state index contributed by atoms with van der Waals surface area (Å²) in [5.74, 6) is -0.394. The summed E-state index contributed by atoms with van der Waals surface area (Å²) in [5.41, 5.74) is 1.22. The summed E-state index contributed by atoms with van der Waals surface area (Å²) in [6.07, 6.45) is 3.09. The molecule has 2 aromatic carbocycles. The lowest BCUT2D eigenvalue weighted by molar-refractivity contribution is 0.627. The number of aromatic nitrogens is 2. The van der Waals surface area contributed by atoms with Crippen molar-refractivity contribution in [1.29, 1.82) is 0 Å². The molecule has 0 N–H and O–H groups in total. The van der Waals surface area contributed by atoms with Gasteiger partial charge in [-0.25, -0.2) is 4.39 Å². The number of nitrogens with zero attached hydrogens (tertiary/aromatic N) is 2. The monoisotopic (exact) mass is 310 g/mol. The van der Waals surface area contributed by atoms with Crippen LogP contribution in [0.1, 0.15) is 11.1 Å². The fraction of sp³-hybridized carbons (Fsp3) is 0.111. The molecule has 5 heteroatoms. The summed E-state index contributed by atoms with van der Waals surface area (Å²) in [5, 5.41) is 0. The van der Waals surface area contributed by atoms with Crippen LogP contribution < -0.4 is 11.1 Å². The Kier molecular flexibility index (Phi) is 3.93. The predicted molar refractivity (Wildman–Crippen MR) is 86.5 cm³/mol. The maximum absolute atomic E-state index is 13.0. The van der Waals surface area contributed by atoms with Crippen LogP contribution in [0.4, 0.5) is 4.39 Å². The number of halogens is 1. The van der Waals surface area contributed by atoms with Gasteiger partial charge in [0.15, 0.2) is 0 Å². The highest BCUT2D eigenvalue weighted by Crippen LogP contribution is 2.09. The topological polar surface area (TPSA) is 44.0 Å². The van der Waals surface area contributed by atoms with Crippen molar-refractivity contribution in [2.45, 2.75) is 13.5 Å². The van der Waals surface area contributed by atoms with Gasteiger partial charge in [-0.05, 0) is 42.3 Å². The first-order valence-corrected chi connectivity index (χ1v) is 7.19. The Bertz CT molecular complexity index is 956. The molecule has 0 spiro atoms. The van der Waals surface area contributed by atoms with Gasteiger partial charge >= 0.3 is 11.1 Å². The van der Waals surface area contributed by atoms with Crippen molar-refractivity contribution in [1.82, 2.24) is 9.13 Å². The minimum atomic E-state index is -0.660. The molecule has 4 nitrogen and oxygen atoms in total. The van der Waals surface area contributed by atoms with Crippen LogP contribution in [0.3, 0.4) is 0 Å². The van der Waals surface area contributed by atoms with E-state index in [0.29, 0.717) is 12.2 Å². The summed E-state index contributed by atoms with van der Waals surface area (Å²) in [6.45, 7) is 2.30. The maximum atomic E-state index is 13.0. The molecule has 0 saturated heterocycles. The molecule has 0 saturated carbocycles. The molecule has 0 amide bonds. The smallest absolute Gasteiger partial charge is 0.305 e. The van der Waals surface area contributed by atoms with E-state index in [4.69, 9.17) is 0 Å². The van der Waals surface area contributed by atoms with E-state index in [9.17, 15) is 14.0 Å². The van der Waals surface area contributed by atoms with Crippen LogP contribution in [0.5, 0.6) is 0 Å². The second-order valence-electron chi connectivity index (χ2n) is 5.31. The van der Waals surface area contributed by atoms with E-state index < -0.39 is 16.9 Å². The Labute approximate surface area is 132 Å². The first kappa shape index (κ1) is 15.0. The van der Waals surface area contributed by atoms with Crippen molar-refractivity contribution >= 4 is 0 Å². The van der Waals surface area contributed by atoms with E-state index >= 15 is 0 Å². The van der Waals surface area contributed by atoms with Gasteiger partial charge in [-0.2, -0.15) is 0 Å². The molecular formula is C18H15FN2O2. The van der Waals surface area contributed by atoms with Crippen molar-refractivity contribution in [2.75, 3.05) is 0 Å². The highest BCUT2D eigenvalue weighted by atomic mass is 19.1. The number of hydrogen-bond acceptors (Lipinski definition) is 2. The Balaban J connectivity index is 2.02.